The van der Waals surface area contributed by atoms with Crippen LogP contribution >= 0.6 is 27.7 Å². The fraction of sp³-hybridized carbons (Fsp3) is 0.273. The summed E-state index contributed by atoms with van der Waals surface area (Å²) in [7, 11) is 0. The first-order valence-corrected chi connectivity index (χ1v) is 6.96. The molecule has 1 aromatic heterocycles. The second-order valence-corrected chi connectivity index (χ2v) is 5.29. The summed E-state index contributed by atoms with van der Waals surface area (Å²) in [6.07, 6.45) is 0.767. The number of thioether (sulfide) groups is 1. The van der Waals surface area contributed by atoms with E-state index in [0.717, 1.165) is 21.5 Å². The number of halogens is 1. The molecule has 0 unspecified atom stereocenters. The number of anilines is 1. The van der Waals surface area contributed by atoms with E-state index in [-0.39, 0.29) is 0 Å². The van der Waals surface area contributed by atoms with Crippen molar-refractivity contribution in [3.05, 3.63) is 34.5 Å². The Balaban J connectivity index is 2.02. The lowest BCUT2D eigenvalue weighted by molar-refractivity contribution is 0.470. The molecular weight excluding hydrogens is 302 g/mol. The van der Waals surface area contributed by atoms with Crippen LogP contribution in [0.15, 0.2) is 32.0 Å². The van der Waals surface area contributed by atoms with Crippen LogP contribution in [0.4, 0.5) is 5.69 Å². The van der Waals surface area contributed by atoms with E-state index in [0.29, 0.717) is 17.5 Å². The van der Waals surface area contributed by atoms with Crippen molar-refractivity contribution in [3.8, 4) is 0 Å². The number of aromatic nitrogens is 2. The zero-order valence-corrected chi connectivity index (χ0v) is 11.7. The van der Waals surface area contributed by atoms with E-state index >= 15 is 0 Å². The Morgan fingerprint density at radius 1 is 1.35 bits per heavy atom. The van der Waals surface area contributed by atoms with E-state index in [9.17, 15) is 0 Å². The maximum Gasteiger partial charge on any atom is 0.226 e. The van der Waals surface area contributed by atoms with Crippen LogP contribution in [0.25, 0.3) is 0 Å². The first-order chi connectivity index (χ1) is 8.19. The van der Waals surface area contributed by atoms with Gasteiger partial charge in [0.2, 0.25) is 11.8 Å². The van der Waals surface area contributed by atoms with Crippen molar-refractivity contribution in [3.63, 3.8) is 0 Å². The van der Waals surface area contributed by atoms with Gasteiger partial charge in [-0.3, -0.25) is 0 Å². The molecule has 2 aromatic rings. The molecule has 0 aliphatic carbocycles. The molecule has 0 aliphatic rings. The van der Waals surface area contributed by atoms with Crippen molar-refractivity contribution in [1.82, 2.24) is 10.2 Å². The maximum absolute atomic E-state index is 5.68. The molecule has 0 atom stereocenters. The van der Waals surface area contributed by atoms with Gasteiger partial charge in [-0.2, -0.15) is 0 Å². The van der Waals surface area contributed by atoms with Gasteiger partial charge < -0.3 is 10.2 Å². The van der Waals surface area contributed by atoms with Gasteiger partial charge in [0.1, 0.15) is 0 Å². The van der Waals surface area contributed by atoms with E-state index in [1.165, 1.54) is 0 Å². The fourth-order valence-electron chi connectivity index (χ4n) is 1.26. The van der Waals surface area contributed by atoms with E-state index < -0.39 is 0 Å². The molecule has 1 heterocycles. The number of benzene rings is 1. The van der Waals surface area contributed by atoms with Gasteiger partial charge in [0.25, 0.3) is 0 Å². The highest BCUT2D eigenvalue weighted by Crippen LogP contribution is 2.31. The van der Waals surface area contributed by atoms with Gasteiger partial charge in [-0.25, -0.2) is 0 Å². The van der Waals surface area contributed by atoms with Crippen LogP contribution in [0.1, 0.15) is 18.7 Å². The number of aryl methyl sites for hydroxylation is 1. The molecule has 0 amide bonds. The standard InChI is InChI=1S/C11H12BrN3OS/c1-2-10-14-15-11(16-10)6-17-9-4-3-7(13)5-8(9)12/h3-5H,2,6,13H2,1H3. The molecule has 2 rings (SSSR count). The molecule has 4 nitrogen and oxygen atoms in total. The molecule has 0 spiro atoms. The van der Waals surface area contributed by atoms with Crippen molar-refractivity contribution >= 4 is 33.4 Å². The van der Waals surface area contributed by atoms with Crippen molar-refractivity contribution in [2.24, 2.45) is 0 Å². The Morgan fingerprint density at radius 3 is 2.76 bits per heavy atom. The summed E-state index contributed by atoms with van der Waals surface area (Å²) in [5, 5.41) is 7.89. The molecule has 0 saturated heterocycles. The molecule has 0 saturated carbocycles. The summed E-state index contributed by atoms with van der Waals surface area (Å²) in [5.74, 6) is 1.99. The average molecular weight is 314 g/mol. The van der Waals surface area contributed by atoms with Gasteiger partial charge in [0.05, 0.1) is 5.75 Å². The Labute approximate surface area is 112 Å². The first kappa shape index (κ1) is 12.4. The zero-order chi connectivity index (χ0) is 12.3. The van der Waals surface area contributed by atoms with Gasteiger partial charge in [-0.1, -0.05) is 6.92 Å². The minimum atomic E-state index is 0.649. The predicted molar refractivity (Wildman–Crippen MR) is 71.8 cm³/mol. The monoisotopic (exact) mass is 313 g/mol. The fourth-order valence-corrected chi connectivity index (χ4v) is 2.76. The number of nitrogen functional groups attached to an aromatic ring is 1. The zero-order valence-electron chi connectivity index (χ0n) is 9.31. The van der Waals surface area contributed by atoms with Gasteiger partial charge in [0, 0.05) is 21.5 Å². The largest absolute Gasteiger partial charge is 0.424 e. The highest BCUT2D eigenvalue weighted by molar-refractivity contribution is 9.10. The molecule has 17 heavy (non-hydrogen) atoms. The highest BCUT2D eigenvalue weighted by Gasteiger charge is 2.07. The maximum atomic E-state index is 5.68. The summed E-state index contributed by atoms with van der Waals surface area (Å²) < 4.78 is 6.42. The summed E-state index contributed by atoms with van der Waals surface area (Å²) in [4.78, 5) is 1.11. The van der Waals surface area contributed by atoms with Crippen LogP contribution in [0, 0.1) is 0 Å². The second-order valence-electron chi connectivity index (χ2n) is 3.42. The molecule has 6 heteroatoms. The summed E-state index contributed by atoms with van der Waals surface area (Å²) in [5.41, 5.74) is 6.42. The van der Waals surface area contributed by atoms with Crippen molar-refractivity contribution in [1.29, 1.82) is 0 Å². The van der Waals surface area contributed by atoms with Crippen LogP contribution in [0.2, 0.25) is 0 Å². The van der Waals surface area contributed by atoms with Crippen molar-refractivity contribution < 1.29 is 4.42 Å². The Hall–Kier alpha value is -1.01. The molecule has 1 aromatic carbocycles. The lowest BCUT2D eigenvalue weighted by Crippen LogP contribution is -1.86. The van der Waals surface area contributed by atoms with E-state index in [1.54, 1.807) is 11.8 Å². The van der Waals surface area contributed by atoms with Crippen LogP contribution in [-0.2, 0) is 12.2 Å². The lowest BCUT2D eigenvalue weighted by Gasteiger charge is -2.03. The number of nitrogens with two attached hydrogens (primary N) is 1. The number of hydrogen-bond acceptors (Lipinski definition) is 5. The average Bonchev–Trinajstić information content (AvgIpc) is 2.76. The Bertz CT molecular complexity index is 515. The number of rotatable bonds is 4. The van der Waals surface area contributed by atoms with Gasteiger partial charge in [-0.15, -0.1) is 22.0 Å². The van der Waals surface area contributed by atoms with Gasteiger partial charge in [-0.05, 0) is 34.1 Å². The first-order valence-electron chi connectivity index (χ1n) is 5.18. The van der Waals surface area contributed by atoms with Crippen LogP contribution in [-0.4, -0.2) is 10.2 Å². The predicted octanol–water partition coefficient (Wildman–Crippen LogP) is 3.27. The van der Waals surface area contributed by atoms with Gasteiger partial charge in [0.15, 0.2) is 0 Å². The highest BCUT2D eigenvalue weighted by atomic mass is 79.9. The topological polar surface area (TPSA) is 64.9 Å². The van der Waals surface area contributed by atoms with E-state index in [4.69, 9.17) is 10.2 Å². The SMILES string of the molecule is CCc1nnc(CSc2ccc(N)cc2Br)o1. The second kappa shape index (κ2) is 5.55. The smallest absolute Gasteiger partial charge is 0.226 e. The number of nitrogens with zero attached hydrogens (tertiary/aromatic N) is 2. The number of hydrogen-bond donors (Lipinski definition) is 1. The van der Waals surface area contributed by atoms with Crippen LogP contribution < -0.4 is 5.73 Å². The van der Waals surface area contributed by atoms with Gasteiger partial charge >= 0.3 is 0 Å². The Morgan fingerprint density at radius 2 is 2.12 bits per heavy atom. The normalized spacial score (nSPS) is 10.7. The molecule has 0 fully saturated rings. The molecule has 2 N–H and O–H groups in total. The lowest BCUT2D eigenvalue weighted by atomic mass is 10.3. The van der Waals surface area contributed by atoms with Crippen molar-refractivity contribution in [2.75, 3.05) is 5.73 Å². The van der Waals surface area contributed by atoms with Crippen molar-refractivity contribution in [2.45, 2.75) is 24.0 Å². The summed E-state index contributed by atoms with van der Waals surface area (Å²) in [6.45, 7) is 1.99. The quantitative estimate of drug-likeness (QED) is 0.693. The molecule has 0 aliphatic heterocycles. The molecule has 0 bridgehead atoms. The Kier molecular flexibility index (Phi) is 4.06. The van der Waals surface area contributed by atoms with Crippen LogP contribution in [0.3, 0.4) is 0 Å². The third kappa shape index (κ3) is 3.23. The molecule has 90 valence electrons. The van der Waals surface area contributed by atoms with E-state index in [1.807, 2.05) is 25.1 Å². The third-order valence-electron chi connectivity index (χ3n) is 2.12. The minimum absolute atomic E-state index is 0.649. The minimum Gasteiger partial charge on any atom is -0.424 e. The van der Waals surface area contributed by atoms with E-state index in [2.05, 4.69) is 26.1 Å². The molecule has 0 radical (unpaired) electrons. The third-order valence-corrected chi connectivity index (χ3v) is 4.10. The summed E-state index contributed by atoms with van der Waals surface area (Å²) >= 11 is 5.11. The van der Waals surface area contributed by atoms with Crippen LogP contribution in [0.5, 0.6) is 0 Å². The summed E-state index contributed by atoms with van der Waals surface area (Å²) in [6, 6.07) is 5.73. The molecular formula is C11H12BrN3OS.